The molecule has 3 N–H and O–H groups in total. The Labute approximate surface area is 48.7 Å². The predicted molar refractivity (Wildman–Crippen MR) is 29.6 cm³/mol. The van der Waals surface area contributed by atoms with E-state index < -0.39 is 10.0 Å². The van der Waals surface area contributed by atoms with E-state index in [-0.39, 0.29) is 0 Å². The zero-order chi connectivity index (χ0) is 5.15. The number of halogens is 1. The maximum absolute atomic E-state index is 9.57. The SMILES string of the molecule is N[C@@H](I)C(=O)O. The molecular weight excluding hydrogens is 197 g/mol. The maximum Gasteiger partial charge on any atom is 0.330 e. The molecule has 0 unspecified atom stereocenters. The van der Waals surface area contributed by atoms with Gasteiger partial charge in [-0.2, -0.15) is 0 Å². The molecule has 0 saturated heterocycles. The summed E-state index contributed by atoms with van der Waals surface area (Å²) in [7, 11) is 0. The minimum Gasteiger partial charge on any atom is -0.479 e. The van der Waals surface area contributed by atoms with Crippen LogP contribution in [-0.2, 0) is 4.79 Å². The van der Waals surface area contributed by atoms with Gasteiger partial charge in [-0.1, -0.05) is 22.6 Å². The summed E-state index contributed by atoms with van der Waals surface area (Å²) in [6.07, 6.45) is 0. The normalized spacial score (nSPS) is 13.7. The average Bonchev–Trinajstić information content (AvgIpc) is 1.36. The lowest BCUT2D eigenvalue weighted by Crippen LogP contribution is -2.21. The van der Waals surface area contributed by atoms with Crippen molar-refractivity contribution < 1.29 is 9.90 Å². The summed E-state index contributed by atoms with van der Waals surface area (Å²) >= 11 is 1.61. The Morgan fingerprint density at radius 3 is 2.17 bits per heavy atom. The highest BCUT2D eigenvalue weighted by molar-refractivity contribution is 14.1. The third-order valence-electron chi connectivity index (χ3n) is 0.236. The lowest BCUT2D eigenvalue weighted by atomic mass is 10.7. The number of rotatable bonds is 1. The average molecular weight is 201 g/mol. The summed E-state index contributed by atoms with van der Waals surface area (Å²) in [6, 6.07) is 0. The Morgan fingerprint density at radius 1 is 2.00 bits per heavy atom. The fraction of sp³-hybridized carbons (Fsp3) is 0.500. The fourth-order valence-corrected chi connectivity index (χ4v) is 0. The molecule has 0 radical (unpaired) electrons. The van der Waals surface area contributed by atoms with E-state index in [2.05, 4.69) is 0 Å². The Bertz CT molecular complexity index is 62.6. The van der Waals surface area contributed by atoms with Gasteiger partial charge in [0.05, 0.1) is 0 Å². The highest BCUT2D eigenvalue weighted by atomic mass is 127. The lowest BCUT2D eigenvalue weighted by Gasteiger charge is -1.88. The van der Waals surface area contributed by atoms with E-state index in [9.17, 15) is 4.79 Å². The van der Waals surface area contributed by atoms with Gasteiger partial charge in [0.2, 0.25) is 0 Å². The molecule has 1 atom stereocenters. The molecule has 0 rings (SSSR count). The van der Waals surface area contributed by atoms with Gasteiger partial charge < -0.3 is 10.8 Å². The molecule has 0 aliphatic heterocycles. The number of carboxylic acid groups (broad SMARTS) is 1. The molecule has 0 aromatic heterocycles. The number of aliphatic carboxylic acids is 1. The van der Waals surface area contributed by atoms with Crippen LogP contribution in [0.1, 0.15) is 0 Å². The molecule has 0 aromatic carbocycles. The Kier molecular flexibility index (Phi) is 2.42. The molecule has 0 aliphatic carbocycles. The van der Waals surface area contributed by atoms with Gasteiger partial charge in [-0.25, -0.2) is 4.79 Å². The summed E-state index contributed by atoms with van der Waals surface area (Å²) in [6.45, 7) is 0. The second-order valence-corrected chi connectivity index (χ2v) is 2.08. The van der Waals surface area contributed by atoms with Crippen molar-refractivity contribution in [3.05, 3.63) is 0 Å². The van der Waals surface area contributed by atoms with Crippen LogP contribution in [0.2, 0.25) is 0 Å². The molecule has 0 saturated carbocycles. The fourth-order valence-electron chi connectivity index (χ4n) is 0. The standard InChI is InChI=1S/C2H4INO2/c3-1(4)2(5)6/h1H,4H2,(H,5,6)/t1-/m1/s1. The third-order valence-corrected chi connectivity index (χ3v) is 0.769. The molecular formula is C2H4INO2. The molecule has 0 aliphatic rings. The van der Waals surface area contributed by atoms with Crippen LogP contribution in [0.3, 0.4) is 0 Å². The van der Waals surface area contributed by atoms with Gasteiger partial charge in [0.1, 0.15) is 0 Å². The van der Waals surface area contributed by atoms with Crippen molar-refractivity contribution in [2.24, 2.45) is 5.73 Å². The zero-order valence-electron chi connectivity index (χ0n) is 2.89. The van der Waals surface area contributed by atoms with Gasteiger partial charge in [-0.05, 0) is 0 Å². The first-order valence-corrected chi connectivity index (χ1v) is 2.51. The van der Waals surface area contributed by atoms with Crippen molar-refractivity contribution >= 4 is 28.6 Å². The minimum atomic E-state index is -0.976. The smallest absolute Gasteiger partial charge is 0.330 e. The van der Waals surface area contributed by atoms with Crippen molar-refractivity contribution in [2.45, 2.75) is 4.05 Å². The minimum absolute atomic E-state index is 0.761. The largest absolute Gasteiger partial charge is 0.479 e. The number of carboxylic acids is 1. The van der Waals surface area contributed by atoms with E-state index in [0.29, 0.717) is 0 Å². The lowest BCUT2D eigenvalue weighted by molar-refractivity contribution is -0.135. The van der Waals surface area contributed by atoms with E-state index in [4.69, 9.17) is 10.8 Å². The van der Waals surface area contributed by atoms with E-state index in [1.54, 1.807) is 22.6 Å². The topological polar surface area (TPSA) is 63.3 Å². The number of hydrogen-bond acceptors (Lipinski definition) is 2. The molecule has 0 amide bonds. The van der Waals surface area contributed by atoms with Crippen LogP contribution in [0.4, 0.5) is 0 Å². The number of alkyl halides is 1. The number of hydrogen-bond donors (Lipinski definition) is 2. The first-order valence-electron chi connectivity index (χ1n) is 1.27. The van der Waals surface area contributed by atoms with E-state index >= 15 is 0 Å². The molecule has 6 heavy (non-hydrogen) atoms. The Morgan fingerprint density at radius 2 is 2.17 bits per heavy atom. The second-order valence-electron chi connectivity index (χ2n) is 0.740. The molecule has 0 bridgehead atoms. The van der Waals surface area contributed by atoms with Crippen LogP contribution in [0.15, 0.2) is 0 Å². The number of nitrogens with two attached hydrogens (primary N) is 1. The van der Waals surface area contributed by atoms with Gasteiger partial charge in [-0.3, -0.25) is 0 Å². The van der Waals surface area contributed by atoms with Crippen molar-refractivity contribution in [2.75, 3.05) is 0 Å². The number of carbonyl (C=O) groups is 1. The van der Waals surface area contributed by atoms with E-state index in [1.165, 1.54) is 0 Å². The van der Waals surface area contributed by atoms with Crippen LogP contribution >= 0.6 is 22.6 Å². The van der Waals surface area contributed by atoms with Gasteiger partial charge >= 0.3 is 5.97 Å². The molecule has 3 nitrogen and oxygen atoms in total. The maximum atomic E-state index is 9.57. The zero-order valence-corrected chi connectivity index (χ0v) is 5.05. The summed E-state index contributed by atoms with van der Waals surface area (Å²) < 4.78 is -0.761. The summed E-state index contributed by atoms with van der Waals surface area (Å²) in [4.78, 5) is 9.57. The van der Waals surface area contributed by atoms with Crippen molar-refractivity contribution in [3.8, 4) is 0 Å². The second kappa shape index (κ2) is 2.35. The Balaban J connectivity index is 3.26. The highest BCUT2D eigenvalue weighted by Crippen LogP contribution is 1.87. The van der Waals surface area contributed by atoms with Crippen molar-refractivity contribution in [1.29, 1.82) is 0 Å². The predicted octanol–water partition coefficient (Wildman–Crippen LogP) is -0.209. The quantitative estimate of drug-likeness (QED) is 0.350. The highest BCUT2D eigenvalue weighted by Gasteiger charge is 2.01. The monoisotopic (exact) mass is 201 g/mol. The van der Waals surface area contributed by atoms with Crippen LogP contribution in [-0.4, -0.2) is 15.1 Å². The summed E-state index contributed by atoms with van der Waals surface area (Å²) in [5, 5.41) is 7.86. The first-order chi connectivity index (χ1) is 2.64. The van der Waals surface area contributed by atoms with Crippen molar-refractivity contribution in [3.63, 3.8) is 0 Å². The van der Waals surface area contributed by atoms with Crippen LogP contribution in [0, 0.1) is 0 Å². The molecule has 0 spiro atoms. The van der Waals surface area contributed by atoms with Gasteiger partial charge in [0, 0.05) is 0 Å². The van der Waals surface area contributed by atoms with Crippen LogP contribution < -0.4 is 5.73 Å². The first kappa shape index (κ1) is 6.16. The molecule has 0 aromatic rings. The van der Waals surface area contributed by atoms with E-state index in [1.807, 2.05) is 0 Å². The van der Waals surface area contributed by atoms with Gasteiger partial charge in [-0.15, -0.1) is 0 Å². The Hall–Kier alpha value is 0.160. The molecule has 36 valence electrons. The van der Waals surface area contributed by atoms with Gasteiger partial charge in [0.15, 0.2) is 4.05 Å². The van der Waals surface area contributed by atoms with E-state index in [0.717, 1.165) is 0 Å². The van der Waals surface area contributed by atoms with Crippen molar-refractivity contribution in [1.82, 2.24) is 0 Å². The molecule has 0 heterocycles. The van der Waals surface area contributed by atoms with Gasteiger partial charge in [0.25, 0.3) is 0 Å². The van der Waals surface area contributed by atoms with Crippen LogP contribution in [0.5, 0.6) is 0 Å². The third kappa shape index (κ3) is 2.40. The van der Waals surface area contributed by atoms with Crippen LogP contribution in [0.25, 0.3) is 0 Å². The molecule has 4 heteroatoms. The summed E-state index contributed by atoms with van der Waals surface area (Å²) in [5.74, 6) is -0.976. The summed E-state index contributed by atoms with van der Waals surface area (Å²) in [5.41, 5.74) is 4.82. The molecule has 0 fully saturated rings.